The Morgan fingerprint density at radius 3 is 2.75 bits per heavy atom. The van der Waals surface area contributed by atoms with Crippen LogP contribution in [0.1, 0.15) is 18.5 Å². The lowest BCUT2D eigenvalue weighted by Crippen LogP contribution is -2.40. The van der Waals surface area contributed by atoms with Crippen molar-refractivity contribution in [3.05, 3.63) is 23.8 Å². The first kappa shape index (κ1) is 15.1. The molecule has 0 aliphatic carbocycles. The maximum atomic E-state index is 5.83. The van der Waals surface area contributed by atoms with E-state index in [1.54, 1.807) is 14.2 Å². The second-order valence-corrected chi connectivity index (χ2v) is 4.63. The van der Waals surface area contributed by atoms with Crippen molar-refractivity contribution in [2.45, 2.75) is 19.1 Å². The van der Waals surface area contributed by atoms with Crippen molar-refractivity contribution in [2.24, 2.45) is 0 Å². The Morgan fingerprint density at radius 2 is 2.15 bits per heavy atom. The van der Waals surface area contributed by atoms with Crippen LogP contribution in [0, 0.1) is 0 Å². The highest BCUT2D eigenvalue weighted by molar-refractivity contribution is 5.43. The second-order valence-electron chi connectivity index (χ2n) is 4.63. The van der Waals surface area contributed by atoms with Crippen LogP contribution in [0.4, 0.5) is 0 Å². The molecule has 1 fully saturated rings. The molecule has 1 heterocycles. The Kier molecular flexibility index (Phi) is 5.64. The number of hydrogen-bond acceptors (Lipinski definition) is 5. The van der Waals surface area contributed by atoms with Gasteiger partial charge in [-0.25, -0.2) is 0 Å². The van der Waals surface area contributed by atoms with E-state index in [0.29, 0.717) is 19.8 Å². The van der Waals surface area contributed by atoms with Gasteiger partial charge in [-0.1, -0.05) is 6.92 Å². The largest absolute Gasteiger partial charge is 0.497 e. The third-order valence-corrected chi connectivity index (χ3v) is 3.41. The van der Waals surface area contributed by atoms with Crippen LogP contribution in [0.15, 0.2) is 18.2 Å². The highest BCUT2D eigenvalue weighted by atomic mass is 16.6. The average Bonchev–Trinajstić information content (AvgIpc) is 2.53. The zero-order chi connectivity index (χ0) is 14.4. The van der Waals surface area contributed by atoms with Gasteiger partial charge in [-0.2, -0.15) is 0 Å². The zero-order valence-electron chi connectivity index (χ0n) is 12.3. The Balaban J connectivity index is 2.27. The van der Waals surface area contributed by atoms with E-state index in [9.17, 15) is 0 Å². The van der Waals surface area contributed by atoms with Gasteiger partial charge in [0.05, 0.1) is 40.1 Å². The first-order valence-corrected chi connectivity index (χ1v) is 6.94. The number of rotatable bonds is 6. The van der Waals surface area contributed by atoms with E-state index >= 15 is 0 Å². The predicted octanol–water partition coefficient (Wildman–Crippen LogP) is 1.77. The molecule has 0 bridgehead atoms. The summed E-state index contributed by atoms with van der Waals surface area (Å²) in [6.07, 6.45) is -0.00834. The Bertz CT molecular complexity index is 418. The van der Waals surface area contributed by atoms with Gasteiger partial charge in [0.1, 0.15) is 17.6 Å². The van der Waals surface area contributed by atoms with Crippen molar-refractivity contribution in [2.75, 3.05) is 40.6 Å². The lowest BCUT2D eigenvalue weighted by atomic mass is 9.99. The summed E-state index contributed by atoms with van der Waals surface area (Å²) in [5, 5.41) is 3.45. The average molecular weight is 281 g/mol. The molecule has 0 saturated carbocycles. The van der Waals surface area contributed by atoms with Crippen LogP contribution in [0.5, 0.6) is 11.5 Å². The fourth-order valence-corrected chi connectivity index (χ4v) is 2.44. The SMILES string of the molecule is CCNC(c1ccc(OC)cc1OC)C1COCCO1. The predicted molar refractivity (Wildman–Crippen MR) is 76.5 cm³/mol. The molecular formula is C15H23NO4. The molecule has 1 N–H and O–H groups in total. The molecule has 0 amide bonds. The van der Waals surface area contributed by atoms with Gasteiger partial charge in [-0.05, 0) is 18.7 Å². The summed E-state index contributed by atoms with van der Waals surface area (Å²) in [7, 11) is 3.31. The van der Waals surface area contributed by atoms with Gasteiger partial charge in [-0.15, -0.1) is 0 Å². The number of nitrogens with one attached hydrogen (secondary N) is 1. The molecule has 1 aromatic rings. The summed E-state index contributed by atoms with van der Waals surface area (Å²) in [5.41, 5.74) is 1.06. The Morgan fingerprint density at radius 1 is 1.30 bits per heavy atom. The van der Waals surface area contributed by atoms with Crippen molar-refractivity contribution in [3.63, 3.8) is 0 Å². The molecule has 0 aromatic heterocycles. The number of likely N-dealkylation sites (N-methyl/N-ethyl adjacent to an activating group) is 1. The zero-order valence-corrected chi connectivity index (χ0v) is 12.3. The van der Waals surface area contributed by atoms with E-state index < -0.39 is 0 Å². The quantitative estimate of drug-likeness (QED) is 0.861. The van der Waals surface area contributed by atoms with Crippen molar-refractivity contribution in [1.29, 1.82) is 0 Å². The normalized spacial score (nSPS) is 20.4. The van der Waals surface area contributed by atoms with Crippen LogP contribution in [-0.4, -0.2) is 46.7 Å². The summed E-state index contributed by atoms with van der Waals surface area (Å²) in [6, 6.07) is 5.89. The van der Waals surface area contributed by atoms with Gasteiger partial charge in [0.2, 0.25) is 0 Å². The molecule has 5 heteroatoms. The first-order valence-electron chi connectivity index (χ1n) is 6.94. The molecule has 2 unspecified atom stereocenters. The maximum Gasteiger partial charge on any atom is 0.127 e. The molecular weight excluding hydrogens is 258 g/mol. The molecule has 1 aromatic carbocycles. The van der Waals surface area contributed by atoms with E-state index in [-0.39, 0.29) is 12.1 Å². The van der Waals surface area contributed by atoms with Gasteiger partial charge in [0.15, 0.2) is 0 Å². The lowest BCUT2D eigenvalue weighted by molar-refractivity contribution is -0.102. The van der Waals surface area contributed by atoms with Gasteiger partial charge in [-0.3, -0.25) is 0 Å². The summed E-state index contributed by atoms with van der Waals surface area (Å²) < 4.78 is 22.1. The smallest absolute Gasteiger partial charge is 0.127 e. The van der Waals surface area contributed by atoms with Crippen molar-refractivity contribution >= 4 is 0 Å². The van der Waals surface area contributed by atoms with Gasteiger partial charge >= 0.3 is 0 Å². The molecule has 2 atom stereocenters. The maximum absolute atomic E-state index is 5.83. The fourth-order valence-electron chi connectivity index (χ4n) is 2.44. The van der Waals surface area contributed by atoms with Crippen molar-refractivity contribution in [3.8, 4) is 11.5 Å². The topological polar surface area (TPSA) is 49.0 Å². The molecule has 1 aliphatic heterocycles. The Labute approximate surface area is 120 Å². The molecule has 0 spiro atoms. The first-order chi connectivity index (χ1) is 9.80. The molecule has 2 rings (SSSR count). The van der Waals surface area contributed by atoms with Gasteiger partial charge in [0.25, 0.3) is 0 Å². The minimum Gasteiger partial charge on any atom is -0.497 e. The molecule has 0 radical (unpaired) electrons. The van der Waals surface area contributed by atoms with Crippen LogP contribution in [-0.2, 0) is 9.47 Å². The third kappa shape index (κ3) is 3.42. The molecule has 5 nitrogen and oxygen atoms in total. The van der Waals surface area contributed by atoms with Gasteiger partial charge < -0.3 is 24.3 Å². The van der Waals surface area contributed by atoms with Crippen LogP contribution < -0.4 is 14.8 Å². The minimum absolute atomic E-state index is 0.00834. The Hall–Kier alpha value is -1.30. The minimum atomic E-state index is -0.00834. The third-order valence-electron chi connectivity index (χ3n) is 3.41. The molecule has 1 aliphatic rings. The van der Waals surface area contributed by atoms with E-state index in [4.69, 9.17) is 18.9 Å². The second kappa shape index (κ2) is 7.47. The van der Waals surface area contributed by atoms with Gasteiger partial charge in [0, 0.05) is 11.6 Å². The summed E-state index contributed by atoms with van der Waals surface area (Å²) in [4.78, 5) is 0. The fraction of sp³-hybridized carbons (Fsp3) is 0.600. The highest BCUT2D eigenvalue weighted by Crippen LogP contribution is 2.32. The highest BCUT2D eigenvalue weighted by Gasteiger charge is 2.28. The van der Waals surface area contributed by atoms with Crippen LogP contribution >= 0.6 is 0 Å². The van der Waals surface area contributed by atoms with E-state index in [1.165, 1.54) is 0 Å². The molecule has 1 saturated heterocycles. The monoisotopic (exact) mass is 281 g/mol. The number of hydrogen-bond donors (Lipinski definition) is 1. The lowest BCUT2D eigenvalue weighted by Gasteiger charge is -2.32. The van der Waals surface area contributed by atoms with E-state index in [1.807, 2.05) is 18.2 Å². The number of benzene rings is 1. The summed E-state index contributed by atoms with van der Waals surface area (Å²) >= 11 is 0. The summed E-state index contributed by atoms with van der Waals surface area (Å²) in [5.74, 6) is 1.58. The molecule has 112 valence electrons. The standard InChI is InChI=1S/C15H23NO4/c1-4-16-15(14-10-19-7-8-20-14)12-6-5-11(17-2)9-13(12)18-3/h5-6,9,14-16H,4,7-8,10H2,1-3H3. The van der Waals surface area contributed by atoms with Crippen LogP contribution in [0.25, 0.3) is 0 Å². The van der Waals surface area contributed by atoms with E-state index in [0.717, 1.165) is 23.6 Å². The van der Waals surface area contributed by atoms with E-state index in [2.05, 4.69) is 12.2 Å². The van der Waals surface area contributed by atoms with Crippen LogP contribution in [0.3, 0.4) is 0 Å². The van der Waals surface area contributed by atoms with Crippen molar-refractivity contribution < 1.29 is 18.9 Å². The number of ether oxygens (including phenoxy) is 4. The van der Waals surface area contributed by atoms with Crippen molar-refractivity contribution in [1.82, 2.24) is 5.32 Å². The van der Waals surface area contributed by atoms with Crippen LogP contribution in [0.2, 0.25) is 0 Å². The number of methoxy groups -OCH3 is 2. The summed E-state index contributed by atoms with van der Waals surface area (Å²) in [6.45, 7) is 4.80. The molecule has 20 heavy (non-hydrogen) atoms.